The fourth-order valence-corrected chi connectivity index (χ4v) is 9.34. The Morgan fingerprint density at radius 2 is 1.80 bits per heavy atom. The zero-order chi connectivity index (χ0) is 28.2. The summed E-state index contributed by atoms with van der Waals surface area (Å²) in [6.45, 7) is 5.32. The molecule has 3 heterocycles. The van der Waals surface area contributed by atoms with Crippen LogP contribution in [0.2, 0.25) is 18.6 Å². The van der Waals surface area contributed by atoms with Gasteiger partial charge in [-0.2, -0.15) is 9.78 Å². The van der Waals surface area contributed by atoms with E-state index in [2.05, 4.69) is 5.10 Å². The number of fused-ring (bicyclic) bond motifs is 3. The zero-order valence-corrected chi connectivity index (χ0v) is 23.8. The van der Waals surface area contributed by atoms with Crippen molar-refractivity contribution >= 4 is 30.8 Å². The predicted molar refractivity (Wildman–Crippen MR) is 155 cm³/mol. The number of benzene rings is 3. The van der Waals surface area contributed by atoms with Crippen LogP contribution < -0.4 is 10.5 Å². The van der Waals surface area contributed by atoms with Gasteiger partial charge in [-0.15, -0.1) is 0 Å². The Labute approximate surface area is 233 Å². The second kappa shape index (κ2) is 9.76. The fraction of sp³-hybridized carbons (Fsp3) is 0.323. The van der Waals surface area contributed by atoms with Crippen LogP contribution in [-0.2, 0) is 21.7 Å². The fourth-order valence-electron chi connectivity index (χ4n) is 6.80. The third-order valence-electron chi connectivity index (χ3n) is 8.47. The monoisotopic (exact) mass is 557 g/mol. The molecule has 0 unspecified atom stereocenters. The average molecular weight is 558 g/mol. The van der Waals surface area contributed by atoms with Crippen molar-refractivity contribution in [2.75, 3.05) is 11.5 Å². The summed E-state index contributed by atoms with van der Waals surface area (Å²) < 4.78 is 23.6. The number of hydrogen-bond donors (Lipinski definition) is 1. The van der Waals surface area contributed by atoms with Crippen LogP contribution in [-0.4, -0.2) is 41.9 Å². The molecule has 7 nitrogen and oxygen atoms in total. The number of rotatable bonds is 6. The van der Waals surface area contributed by atoms with E-state index >= 15 is 4.11 Å². The van der Waals surface area contributed by atoms with Gasteiger partial charge in [-0.05, 0) is 49.3 Å². The molecule has 1 N–H and O–H groups in total. The lowest BCUT2D eigenvalue weighted by Crippen LogP contribution is -2.45. The van der Waals surface area contributed by atoms with Crippen LogP contribution in [0.5, 0.6) is 0 Å². The number of amides is 1. The van der Waals surface area contributed by atoms with Crippen LogP contribution in [0.15, 0.2) is 83.8 Å². The Bertz CT molecular complexity index is 1670. The summed E-state index contributed by atoms with van der Waals surface area (Å²) in [6.07, 6.45) is 1.40. The molecule has 4 aromatic rings. The van der Waals surface area contributed by atoms with E-state index in [0.29, 0.717) is 11.1 Å². The number of carbonyl (C=O) groups excluding carboxylic acids is 1. The minimum atomic E-state index is -3.24. The maximum atomic E-state index is 15.7. The second-order valence-corrected chi connectivity index (χ2v) is 15.1. The minimum absolute atomic E-state index is 0.136. The largest absolute Gasteiger partial charge is 0.396 e. The third-order valence-corrected chi connectivity index (χ3v) is 10.9. The van der Waals surface area contributed by atoms with E-state index in [1.165, 1.54) is 4.68 Å². The van der Waals surface area contributed by atoms with Crippen molar-refractivity contribution in [3.8, 4) is 5.69 Å². The minimum Gasteiger partial charge on any atom is -0.396 e. The van der Waals surface area contributed by atoms with Crippen LogP contribution in [0.4, 0.5) is 9.80 Å². The summed E-state index contributed by atoms with van der Waals surface area (Å²) in [4.78, 5) is 29.2. The molecule has 0 bridgehead atoms. The molecule has 1 amide bonds. The summed E-state index contributed by atoms with van der Waals surface area (Å²) in [5.74, 6) is -0.627. The van der Waals surface area contributed by atoms with E-state index < -0.39 is 31.6 Å². The molecular formula is C31H32FN3O4Si. The highest BCUT2D eigenvalue weighted by Gasteiger charge is 2.66. The lowest BCUT2D eigenvalue weighted by Gasteiger charge is -2.31. The number of para-hydroxylation sites is 1. The lowest BCUT2D eigenvalue weighted by atomic mass is 9.82. The Morgan fingerprint density at radius 1 is 1.05 bits per heavy atom. The van der Waals surface area contributed by atoms with E-state index in [-0.39, 0.29) is 31.0 Å². The molecule has 1 fully saturated rings. The predicted octanol–water partition coefficient (Wildman–Crippen LogP) is 5.09. The Hall–Kier alpha value is -3.66. The number of anilines is 1. The summed E-state index contributed by atoms with van der Waals surface area (Å²) in [6, 6.07) is 22.3. The first-order chi connectivity index (χ1) is 19.2. The summed E-state index contributed by atoms with van der Waals surface area (Å²) in [5.41, 5.74) is 0.906. The van der Waals surface area contributed by atoms with E-state index in [0.717, 1.165) is 22.2 Å². The van der Waals surface area contributed by atoms with Gasteiger partial charge in [0.1, 0.15) is 0 Å². The highest BCUT2D eigenvalue weighted by atomic mass is 28.4. The molecule has 1 saturated heterocycles. The summed E-state index contributed by atoms with van der Waals surface area (Å²) in [7, 11) is -3.24. The number of aliphatic hydroxyl groups is 1. The molecule has 0 radical (unpaired) electrons. The number of nitrogens with zero attached hydrogens (tertiary/aromatic N) is 3. The van der Waals surface area contributed by atoms with Crippen molar-refractivity contribution in [1.82, 2.24) is 9.78 Å². The molecule has 0 saturated carbocycles. The number of ether oxygens (including phenoxy) is 1. The molecule has 6 rings (SSSR count). The third kappa shape index (κ3) is 4.03. The Kier molecular flexibility index (Phi) is 6.48. The van der Waals surface area contributed by atoms with Crippen LogP contribution in [0.1, 0.15) is 24.5 Å². The topological polar surface area (TPSA) is 84.7 Å². The molecule has 40 heavy (non-hydrogen) atoms. The highest BCUT2D eigenvalue weighted by molar-refractivity contribution is 6.72. The van der Waals surface area contributed by atoms with Crippen molar-refractivity contribution in [3.05, 3.63) is 100 Å². The van der Waals surface area contributed by atoms with Crippen molar-refractivity contribution in [2.45, 2.75) is 50.2 Å². The van der Waals surface area contributed by atoms with Crippen molar-refractivity contribution in [1.29, 1.82) is 0 Å². The molecule has 9 heteroatoms. The lowest BCUT2D eigenvalue weighted by molar-refractivity contribution is -0.146. The smallest absolute Gasteiger partial charge is 0.279 e. The van der Waals surface area contributed by atoms with Gasteiger partial charge in [-0.1, -0.05) is 55.5 Å². The van der Waals surface area contributed by atoms with Crippen molar-refractivity contribution < 1.29 is 18.7 Å². The molecule has 2 aliphatic rings. The Balaban J connectivity index is 1.38. The van der Waals surface area contributed by atoms with Gasteiger partial charge in [-0.3, -0.25) is 9.59 Å². The van der Waals surface area contributed by atoms with Gasteiger partial charge in [-0.25, -0.2) is 0 Å². The van der Waals surface area contributed by atoms with Crippen molar-refractivity contribution in [3.63, 3.8) is 0 Å². The van der Waals surface area contributed by atoms with Gasteiger partial charge in [0.2, 0.25) is 8.41 Å². The average Bonchev–Trinajstić information content (AvgIpc) is 3.36. The standard InChI is InChI=1S/C31H32FN3O4Si/c1-20-28(40(2,3)32)27(15-16-36)39-31(20)25-13-6-7-14-26(25)34(30(31)38)19-21-9-8-11-23(17-21)35-29(37)24-12-5-4-10-22(24)18-33-35/h4-14,17-18,20,27-28,36H,15-16,19H2,1-3H3/t20-,27+,28-,31+/m0/s1. The van der Waals surface area contributed by atoms with Gasteiger partial charge >= 0.3 is 0 Å². The first kappa shape index (κ1) is 26.6. The van der Waals surface area contributed by atoms with E-state index in [1.54, 1.807) is 30.3 Å². The van der Waals surface area contributed by atoms with Crippen molar-refractivity contribution in [2.24, 2.45) is 5.92 Å². The highest BCUT2D eigenvalue weighted by Crippen LogP contribution is 2.60. The van der Waals surface area contributed by atoms with Crippen LogP contribution in [0.25, 0.3) is 16.5 Å². The van der Waals surface area contributed by atoms with Gasteiger partial charge in [0.25, 0.3) is 11.5 Å². The van der Waals surface area contributed by atoms with Crippen LogP contribution in [0, 0.1) is 5.92 Å². The number of carbonyl (C=O) groups is 1. The maximum Gasteiger partial charge on any atom is 0.279 e. The Morgan fingerprint density at radius 3 is 2.58 bits per heavy atom. The molecule has 0 aliphatic carbocycles. The van der Waals surface area contributed by atoms with Gasteiger partial charge in [0.15, 0.2) is 5.60 Å². The number of aromatic nitrogens is 2. The maximum absolute atomic E-state index is 15.7. The van der Waals surface area contributed by atoms with Crippen LogP contribution >= 0.6 is 0 Å². The van der Waals surface area contributed by atoms with Gasteiger partial charge in [0, 0.05) is 29.0 Å². The quantitative estimate of drug-likeness (QED) is 0.264. The molecule has 206 valence electrons. The van der Waals surface area contributed by atoms with E-state index in [1.807, 2.05) is 73.7 Å². The number of aliphatic hydroxyl groups excluding tert-OH is 1. The van der Waals surface area contributed by atoms with Gasteiger partial charge in [0.05, 0.1) is 35.6 Å². The molecule has 1 aromatic heterocycles. The first-order valence-corrected chi connectivity index (χ1v) is 16.6. The zero-order valence-electron chi connectivity index (χ0n) is 22.8. The normalized spacial score (nSPS) is 24.3. The molecule has 1 spiro atoms. The molecule has 3 aromatic carbocycles. The SMILES string of the molecule is C[C@H]1[C@H]([Si](C)(C)F)[C@@H](CCO)O[C@]12C(=O)N(Cc1cccc(-n3ncc4ccccc4c3=O)c1)c1ccccc12. The molecule has 4 atom stereocenters. The second-order valence-electron chi connectivity index (χ2n) is 11.3. The molecular weight excluding hydrogens is 525 g/mol. The number of halogens is 1. The summed E-state index contributed by atoms with van der Waals surface area (Å²) >= 11 is 0. The van der Waals surface area contributed by atoms with E-state index in [4.69, 9.17) is 4.74 Å². The first-order valence-electron chi connectivity index (χ1n) is 13.6. The summed E-state index contributed by atoms with van der Waals surface area (Å²) in [5, 5.41) is 15.4. The number of hydrogen-bond acceptors (Lipinski definition) is 5. The molecule has 2 aliphatic heterocycles. The van der Waals surface area contributed by atoms with Gasteiger partial charge < -0.3 is 18.9 Å². The van der Waals surface area contributed by atoms with Crippen LogP contribution in [0.3, 0.4) is 0 Å². The van der Waals surface area contributed by atoms with E-state index in [9.17, 15) is 14.7 Å².